The van der Waals surface area contributed by atoms with Gasteiger partial charge in [-0.3, -0.25) is 10.1 Å². The smallest absolute Gasteiger partial charge is 0.344 e. The van der Waals surface area contributed by atoms with Crippen LogP contribution in [0.3, 0.4) is 0 Å². The molecule has 0 amide bonds. The summed E-state index contributed by atoms with van der Waals surface area (Å²) in [6.45, 7) is 0.191. The van der Waals surface area contributed by atoms with Gasteiger partial charge in [-0.15, -0.1) is 0 Å². The molecule has 0 aliphatic carbocycles. The third-order valence-corrected chi connectivity index (χ3v) is 4.04. The predicted octanol–water partition coefficient (Wildman–Crippen LogP) is 4.11. The highest BCUT2D eigenvalue weighted by Gasteiger charge is 2.25. The summed E-state index contributed by atoms with van der Waals surface area (Å²) in [5, 5.41) is 11.2. The van der Waals surface area contributed by atoms with E-state index < -0.39 is 10.9 Å². The number of benzene rings is 3. The van der Waals surface area contributed by atoms with Crippen LogP contribution in [0, 0.1) is 10.1 Å². The number of nitro benzene ring substituents is 1. The Hall–Kier alpha value is -3.87. The lowest BCUT2D eigenvalue weighted by Gasteiger charge is -2.13. The number of rotatable bonds is 7. The maximum Gasteiger partial charge on any atom is 0.344 e. The van der Waals surface area contributed by atoms with E-state index >= 15 is 0 Å². The number of nitro groups is 1. The van der Waals surface area contributed by atoms with Crippen LogP contribution < -0.4 is 10.5 Å². The monoisotopic (exact) mass is 378 g/mol. The number of hydrogen-bond acceptors (Lipinski definition) is 6. The molecular formula is C21H18N2O5. The average Bonchev–Trinajstić information content (AvgIpc) is 2.71. The summed E-state index contributed by atoms with van der Waals surface area (Å²) in [5.74, 6) is -0.655. The standard InChI is InChI=1S/C21H18N2O5/c22-20-17(23(25)26)11-12-18(27-13-15-7-3-1-4-8-15)19(20)21(24)28-14-16-9-5-2-6-10-16/h1-12H,13-14,22H2. The van der Waals surface area contributed by atoms with Crippen molar-refractivity contribution in [2.75, 3.05) is 5.73 Å². The molecule has 0 heterocycles. The van der Waals surface area contributed by atoms with Gasteiger partial charge in [0, 0.05) is 6.07 Å². The van der Waals surface area contributed by atoms with Crippen molar-refractivity contribution in [1.29, 1.82) is 0 Å². The summed E-state index contributed by atoms with van der Waals surface area (Å²) in [6.07, 6.45) is 0. The SMILES string of the molecule is Nc1c([N+](=O)[O-])ccc(OCc2ccccc2)c1C(=O)OCc1ccccc1. The Morgan fingerprint density at radius 3 is 2.04 bits per heavy atom. The van der Waals surface area contributed by atoms with Gasteiger partial charge in [0.2, 0.25) is 0 Å². The molecule has 28 heavy (non-hydrogen) atoms. The van der Waals surface area contributed by atoms with Crippen LogP contribution in [0.15, 0.2) is 72.8 Å². The molecule has 0 aliphatic heterocycles. The second-order valence-electron chi connectivity index (χ2n) is 5.96. The van der Waals surface area contributed by atoms with Crippen molar-refractivity contribution in [3.63, 3.8) is 0 Å². The fourth-order valence-corrected chi connectivity index (χ4v) is 2.61. The number of ether oxygens (including phenoxy) is 2. The fraction of sp³-hybridized carbons (Fsp3) is 0.0952. The minimum absolute atomic E-state index is 0.0138. The number of carbonyl (C=O) groups is 1. The zero-order chi connectivity index (χ0) is 19.9. The minimum Gasteiger partial charge on any atom is -0.488 e. The summed E-state index contributed by atoms with van der Waals surface area (Å²) >= 11 is 0. The highest BCUT2D eigenvalue weighted by Crippen LogP contribution is 2.34. The van der Waals surface area contributed by atoms with Gasteiger partial charge in [-0.25, -0.2) is 4.79 Å². The Kier molecular flexibility index (Phi) is 5.86. The van der Waals surface area contributed by atoms with Gasteiger partial charge in [0.05, 0.1) is 4.92 Å². The molecule has 0 unspecified atom stereocenters. The van der Waals surface area contributed by atoms with E-state index in [-0.39, 0.29) is 35.9 Å². The van der Waals surface area contributed by atoms with E-state index in [2.05, 4.69) is 0 Å². The third kappa shape index (κ3) is 4.45. The second kappa shape index (κ2) is 8.68. The summed E-state index contributed by atoms with van der Waals surface area (Å²) < 4.78 is 11.0. The van der Waals surface area contributed by atoms with Crippen molar-refractivity contribution in [1.82, 2.24) is 0 Å². The van der Waals surface area contributed by atoms with Crippen LogP contribution in [-0.2, 0) is 18.0 Å². The van der Waals surface area contributed by atoms with Crippen molar-refractivity contribution in [3.05, 3.63) is 99.6 Å². The molecule has 3 rings (SSSR count). The highest BCUT2D eigenvalue weighted by atomic mass is 16.6. The number of anilines is 1. The zero-order valence-corrected chi connectivity index (χ0v) is 14.9. The molecule has 0 saturated carbocycles. The van der Waals surface area contributed by atoms with Gasteiger partial charge in [0.25, 0.3) is 5.69 Å². The summed E-state index contributed by atoms with van der Waals surface area (Å²) in [6, 6.07) is 21.0. The van der Waals surface area contributed by atoms with Crippen molar-refractivity contribution in [2.45, 2.75) is 13.2 Å². The van der Waals surface area contributed by atoms with Gasteiger partial charge < -0.3 is 15.2 Å². The lowest BCUT2D eigenvalue weighted by Crippen LogP contribution is -2.12. The first-order valence-corrected chi connectivity index (χ1v) is 8.51. The number of hydrogen-bond donors (Lipinski definition) is 1. The van der Waals surface area contributed by atoms with Crippen LogP contribution in [0.1, 0.15) is 21.5 Å². The van der Waals surface area contributed by atoms with Crippen molar-refractivity contribution in [3.8, 4) is 5.75 Å². The Morgan fingerprint density at radius 1 is 0.893 bits per heavy atom. The lowest BCUT2D eigenvalue weighted by atomic mass is 10.1. The van der Waals surface area contributed by atoms with E-state index in [4.69, 9.17) is 15.2 Å². The predicted molar refractivity (Wildman–Crippen MR) is 104 cm³/mol. The molecule has 0 aliphatic rings. The molecule has 7 heteroatoms. The first kappa shape index (κ1) is 18.9. The average molecular weight is 378 g/mol. The Labute approximate surface area is 161 Å². The van der Waals surface area contributed by atoms with Gasteiger partial charge in [-0.1, -0.05) is 60.7 Å². The lowest BCUT2D eigenvalue weighted by molar-refractivity contribution is -0.383. The molecule has 7 nitrogen and oxygen atoms in total. The van der Waals surface area contributed by atoms with E-state index in [0.29, 0.717) is 0 Å². The molecule has 2 N–H and O–H groups in total. The van der Waals surface area contributed by atoms with E-state index in [1.165, 1.54) is 12.1 Å². The van der Waals surface area contributed by atoms with E-state index in [1.807, 2.05) is 48.5 Å². The normalized spacial score (nSPS) is 10.3. The molecule has 3 aromatic carbocycles. The van der Waals surface area contributed by atoms with Gasteiger partial charge in [0.1, 0.15) is 30.2 Å². The number of esters is 1. The molecule has 3 aromatic rings. The Balaban J connectivity index is 1.85. The maximum atomic E-state index is 12.6. The molecule has 0 fully saturated rings. The van der Waals surface area contributed by atoms with Gasteiger partial charge in [-0.2, -0.15) is 0 Å². The van der Waals surface area contributed by atoms with Crippen LogP contribution >= 0.6 is 0 Å². The quantitative estimate of drug-likeness (QED) is 0.287. The summed E-state index contributed by atoms with van der Waals surface area (Å²) in [5.41, 5.74) is 6.75. The minimum atomic E-state index is -0.784. The molecule has 0 bridgehead atoms. The maximum absolute atomic E-state index is 12.6. The van der Waals surface area contributed by atoms with Crippen LogP contribution in [0.2, 0.25) is 0 Å². The molecule has 0 atom stereocenters. The zero-order valence-electron chi connectivity index (χ0n) is 14.9. The molecule has 0 radical (unpaired) electrons. The molecule has 0 saturated heterocycles. The first-order chi connectivity index (χ1) is 13.6. The Bertz CT molecular complexity index is 975. The van der Waals surface area contributed by atoms with Crippen LogP contribution in [-0.4, -0.2) is 10.9 Å². The van der Waals surface area contributed by atoms with E-state index in [1.54, 1.807) is 12.1 Å². The van der Waals surface area contributed by atoms with Gasteiger partial charge in [0.15, 0.2) is 0 Å². The van der Waals surface area contributed by atoms with Crippen LogP contribution in [0.25, 0.3) is 0 Å². The number of nitrogen functional groups attached to an aromatic ring is 1. The number of nitrogens with two attached hydrogens (primary N) is 1. The van der Waals surface area contributed by atoms with Crippen LogP contribution in [0.4, 0.5) is 11.4 Å². The topological polar surface area (TPSA) is 105 Å². The van der Waals surface area contributed by atoms with Crippen LogP contribution in [0.5, 0.6) is 5.75 Å². The number of nitrogens with zero attached hydrogens (tertiary/aromatic N) is 1. The number of carbonyl (C=O) groups excluding carboxylic acids is 1. The third-order valence-electron chi connectivity index (χ3n) is 4.04. The second-order valence-corrected chi connectivity index (χ2v) is 5.96. The van der Waals surface area contributed by atoms with E-state index in [0.717, 1.165) is 11.1 Å². The van der Waals surface area contributed by atoms with Gasteiger partial charge in [-0.05, 0) is 17.2 Å². The first-order valence-electron chi connectivity index (χ1n) is 8.51. The van der Waals surface area contributed by atoms with Crippen molar-refractivity contribution in [2.24, 2.45) is 0 Å². The van der Waals surface area contributed by atoms with Gasteiger partial charge >= 0.3 is 5.97 Å². The summed E-state index contributed by atoms with van der Waals surface area (Å²) in [7, 11) is 0. The largest absolute Gasteiger partial charge is 0.488 e. The summed E-state index contributed by atoms with van der Waals surface area (Å²) in [4.78, 5) is 23.2. The molecular weight excluding hydrogens is 360 g/mol. The van der Waals surface area contributed by atoms with Crippen molar-refractivity contribution >= 4 is 17.3 Å². The fourth-order valence-electron chi connectivity index (χ4n) is 2.61. The van der Waals surface area contributed by atoms with E-state index in [9.17, 15) is 14.9 Å². The van der Waals surface area contributed by atoms with Crippen molar-refractivity contribution < 1.29 is 19.2 Å². The Morgan fingerprint density at radius 2 is 1.46 bits per heavy atom. The molecule has 0 aromatic heterocycles. The highest BCUT2D eigenvalue weighted by molar-refractivity contribution is 6.00. The molecule has 0 spiro atoms. The molecule has 142 valence electrons.